The molecule has 1 aliphatic rings. The van der Waals surface area contributed by atoms with Gasteiger partial charge < -0.3 is 10.2 Å². The van der Waals surface area contributed by atoms with Gasteiger partial charge in [0.1, 0.15) is 5.76 Å². The third-order valence-corrected chi connectivity index (χ3v) is 4.01. The number of rotatable bonds is 2. The second-order valence-corrected chi connectivity index (χ2v) is 5.22. The summed E-state index contributed by atoms with van der Waals surface area (Å²) in [5.41, 5.74) is 6.28. The molecule has 1 aromatic heterocycles. The molecule has 0 aliphatic carbocycles. The van der Waals surface area contributed by atoms with E-state index in [1.807, 2.05) is 6.07 Å². The minimum Gasteiger partial charge on any atom is -0.466 e. The molecular weight excluding hydrogens is 268 g/mol. The Kier molecular flexibility index (Phi) is 4.05. The maximum absolute atomic E-state index is 6.28. The van der Waals surface area contributed by atoms with Gasteiger partial charge in [-0.05, 0) is 47.9 Å². The second-order valence-electron chi connectivity index (χ2n) is 4.37. The number of likely N-dealkylation sites (N-methyl/N-ethyl adjacent to an activating group) is 1. The lowest BCUT2D eigenvalue weighted by molar-refractivity contribution is 0.170. The first-order valence-electron chi connectivity index (χ1n) is 5.96. The molecule has 2 N–H and O–H groups in total. The largest absolute Gasteiger partial charge is 0.466 e. The van der Waals surface area contributed by atoms with Crippen molar-refractivity contribution in [1.29, 1.82) is 0 Å². The Hall–Kier alpha value is -0.320. The fraction of sp³-hybridized carbons (Fsp3) is 0.667. The monoisotopic (exact) mass is 286 g/mol. The highest BCUT2D eigenvalue weighted by atomic mass is 79.9. The smallest absolute Gasteiger partial charge is 0.136 e. The number of furan rings is 1. The van der Waals surface area contributed by atoms with Gasteiger partial charge in [-0.2, -0.15) is 0 Å². The van der Waals surface area contributed by atoms with E-state index in [0.29, 0.717) is 0 Å². The molecule has 1 saturated heterocycles. The summed E-state index contributed by atoms with van der Waals surface area (Å²) < 4.78 is 6.63. The van der Waals surface area contributed by atoms with Crippen molar-refractivity contribution in [1.82, 2.24) is 4.90 Å². The minimum atomic E-state index is 0.171. The first kappa shape index (κ1) is 12.1. The van der Waals surface area contributed by atoms with Crippen LogP contribution in [0.25, 0.3) is 0 Å². The predicted octanol–water partition coefficient (Wildman–Crippen LogP) is 2.92. The normalized spacial score (nSPS) is 27.9. The van der Waals surface area contributed by atoms with Crippen LogP contribution in [0.5, 0.6) is 0 Å². The van der Waals surface area contributed by atoms with E-state index in [1.165, 1.54) is 12.8 Å². The Morgan fingerprint density at radius 1 is 1.56 bits per heavy atom. The summed E-state index contributed by atoms with van der Waals surface area (Å²) in [4.78, 5) is 2.42. The SMILES string of the molecule is CCN1CCCCC(N)C1c1occc1Br. The van der Waals surface area contributed by atoms with E-state index in [4.69, 9.17) is 10.2 Å². The molecule has 2 atom stereocenters. The minimum absolute atomic E-state index is 0.171. The van der Waals surface area contributed by atoms with Crippen LogP contribution in [0.2, 0.25) is 0 Å². The maximum atomic E-state index is 6.28. The molecule has 1 aliphatic heterocycles. The molecule has 16 heavy (non-hydrogen) atoms. The Bertz CT molecular complexity index is 340. The third kappa shape index (κ3) is 2.34. The van der Waals surface area contributed by atoms with Crippen LogP contribution in [0.3, 0.4) is 0 Å². The first-order valence-corrected chi connectivity index (χ1v) is 6.76. The molecule has 0 radical (unpaired) electrons. The molecule has 4 heteroatoms. The van der Waals surface area contributed by atoms with Crippen molar-refractivity contribution in [2.75, 3.05) is 13.1 Å². The zero-order chi connectivity index (χ0) is 11.5. The third-order valence-electron chi connectivity index (χ3n) is 3.35. The van der Waals surface area contributed by atoms with Crippen molar-refractivity contribution in [3.8, 4) is 0 Å². The van der Waals surface area contributed by atoms with Crippen molar-refractivity contribution in [2.45, 2.75) is 38.3 Å². The Morgan fingerprint density at radius 2 is 2.38 bits per heavy atom. The van der Waals surface area contributed by atoms with E-state index >= 15 is 0 Å². The Balaban J connectivity index is 2.29. The predicted molar refractivity (Wildman–Crippen MR) is 68.2 cm³/mol. The average molecular weight is 287 g/mol. The number of hydrogen-bond donors (Lipinski definition) is 1. The van der Waals surface area contributed by atoms with Gasteiger partial charge in [-0.15, -0.1) is 0 Å². The summed E-state index contributed by atoms with van der Waals surface area (Å²) in [7, 11) is 0. The standard InChI is InChI=1S/C12H19BrN2O/c1-2-15-7-4-3-5-10(14)11(15)12-9(13)6-8-16-12/h6,8,10-11H,2-5,7,14H2,1H3. The molecule has 3 nitrogen and oxygen atoms in total. The number of nitrogens with zero attached hydrogens (tertiary/aromatic N) is 1. The molecule has 0 bridgehead atoms. The molecule has 0 spiro atoms. The van der Waals surface area contributed by atoms with Crippen molar-refractivity contribution in [2.24, 2.45) is 5.73 Å². The molecular formula is C12H19BrN2O. The van der Waals surface area contributed by atoms with Crippen LogP contribution in [0.15, 0.2) is 21.2 Å². The van der Waals surface area contributed by atoms with Crippen molar-refractivity contribution >= 4 is 15.9 Å². The van der Waals surface area contributed by atoms with Crippen LogP contribution >= 0.6 is 15.9 Å². The number of hydrogen-bond acceptors (Lipinski definition) is 3. The van der Waals surface area contributed by atoms with Crippen LogP contribution < -0.4 is 5.73 Å². The van der Waals surface area contributed by atoms with Gasteiger partial charge in [0.15, 0.2) is 0 Å². The van der Waals surface area contributed by atoms with Gasteiger partial charge in [0.05, 0.1) is 16.8 Å². The zero-order valence-electron chi connectivity index (χ0n) is 9.66. The quantitative estimate of drug-likeness (QED) is 0.909. The average Bonchev–Trinajstić information content (AvgIpc) is 2.59. The van der Waals surface area contributed by atoms with Crippen LogP contribution in [-0.4, -0.2) is 24.0 Å². The van der Waals surface area contributed by atoms with Crippen LogP contribution in [0, 0.1) is 0 Å². The summed E-state index contributed by atoms with van der Waals surface area (Å²) in [6.07, 6.45) is 5.25. The van der Waals surface area contributed by atoms with Gasteiger partial charge in [0.2, 0.25) is 0 Å². The molecule has 90 valence electrons. The van der Waals surface area contributed by atoms with E-state index in [2.05, 4.69) is 27.8 Å². The number of halogens is 1. The van der Waals surface area contributed by atoms with Crippen LogP contribution in [-0.2, 0) is 0 Å². The van der Waals surface area contributed by atoms with Gasteiger partial charge >= 0.3 is 0 Å². The fourth-order valence-corrected chi connectivity index (χ4v) is 2.93. The molecule has 0 amide bonds. The number of nitrogens with two attached hydrogens (primary N) is 1. The van der Waals surface area contributed by atoms with Crippen molar-refractivity contribution < 1.29 is 4.42 Å². The van der Waals surface area contributed by atoms with Gasteiger partial charge in [0.25, 0.3) is 0 Å². The highest BCUT2D eigenvalue weighted by Gasteiger charge is 2.31. The fourth-order valence-electron chi connectivity index (χ4n) is 2.49. The maximum Gasteiger partial charge on any atom is 0.136 e. The van der Waals surface area contributed by atoms with Crippen molar-refractivity contribution in [3.05, 3.63) is 22.6 Å². The molecule has 1 aromatic rings. The lowest BCUT2D eigenvalue weighted by atomic mass is 10.0. The molecule has 1 fully saturated rings. The molecule has 2 unspecified atom stereocenters. The van der Waals surface area contributed by atoms with E-state index in [-0.39, 0.29) is 12.1 Å². The topological polar surface area (TPSA) is 42.4 Å². The molecule has 2 heterocycles. The van der Waals surface area contributed by atoms with Crippen molar-refractivity contribution in [3.63, 3.8) is 0 Å². The van der Waals surface area contributed by atoms with Gasteiger partial charge in [0, 0.05) is 6.04 Å². The second kappa shape index (κ2) is 5.34. The lowest BCUT2D eigenvalue weighted by Crippen LogP contribution is -2.39. The zero-order valence-corrected chi connectivity index (χ0v) is 11.2. The molecule has 2 rings (SSSR count). The Morgan fingerprint density at radius 3 is 3.00 bits per heavy atom. The van der Waals surface area contributed by atoms with Crippen LogP contribution in [0.1, 0.15) is 38.0 Å². The first-order chi connectivity index (χ1) is 7.74. The summed E-state index contributed by atoms with van der Waals surface area (Å²) in [5.74, 6) is 0.983. The number of likely N-dealkylation sites (tertiary alicyclic amines) is 1. The van der Waals surface area contributed by atoms with Gasteiger partial charge in [-0.25, -0.2) is 0 Å². The Labute approximate surface area is 105 Å². The summed E-state index contributed by atoms with van der Waals surface area (Å²) in [6.45, 7) is 4.31. The van der Waals surface area contributed by atoms with Gasteiger partial charge in [-0.3, -0.25) is 4.90 Å². The summed E-state index contributed by atoms with van der Waals surface area (Å²) >= 11 is 3.54. The molecule has 0 saturated carbocycles. The summed E-state index contributed by atoms with van der Waals surface area (Å²) in [6, 6.07) is 2.34. The van der Waals surface area contributed by atoms with E-state index in [9.17, 15) is 0 Å². The van der Waals surface area contributed by atoms with Gasteiger partial charge in [-0.1, -0.05) is 13.3 Å². The summed E-state index contributed by atoms with van der Waals surface area (Å²) in [5, 5.41) is 0. The highest BCUT2D eigenvalue weighted by Crippen LogP contribution is 2.34. The van der Waals surface area contributed by atoms with E-state index in [0.717, 1.165) is 29.7 Å². The van der Waals surface area contributed by atoms with Crippen LogP contribution in [0.4, 0.5) is 0 Å². The van der Waals surface area contributed by atoms with E-state index < -0.39 is 0 Å². The highest BCUT2D eigenvalue weighted by molar-refractivity contribution is 9.10. The van der Waals surface area contributed by atoms with E-state index in [1.54, 1.807) is 6.26 Å². The lowest BCUT2D eigenvalue weighted by Gasteiger charge is -2.31. The molecule has 0 aromatic carbocycles.